The smallest absolute Gasteiger partial charge is 0.349 e. The monoisotopic (exact) mass is 337 g/mol. The molecule has 0 saturated heterocycles. The minimum atomic E-state index is -0.458. The predicted octanol–water partition coefficient (Wildman–Crippen LogP) is 3.23. The van der Waals surface area contributed by atoms with Gasteiger partial charge in [-0.3, -0.25) is 4.79 Å². The number of rotatable bonds is 6. The second-order valence-electron chi connectivity index (χ2n) is 4.74. The van der Waals surface area contributed by atoms with Gasteiger partial charge in [0.2, 0.25) is 0 Å². The van der Waals surface area contributed by atoms with Crippen molar-refractivity contribution in [1.29, 1.82) is 0 Å². The molecule has 0 radical (unpaired) electrons. The molecule has 0 bridgehead atoms. The molecule has 0 aliphatic rings. The summed E-state index contributed by atoms with van der Waals surface area (Å²) in [5.74, 6) is -0.767. The van der Waals surface area contributed by atoms with Crippen LogP contribution in [0.25, 0.3) is 0 Å². The van der Waals surface area contributed by atoms with Crippen LogP contribution in [0, 0.1) is 6.92 Å². The number of hydrogen-bond donors (Lipinski definition) is 1. The van der Waals surface area contributed by atoms with E-state index in [1.54, 1.807) is 0 Å². The highest BCUT2D eigenvalue weighted by molar-refractivity contribution is 7.12. The first-order valence-corrected chi connectivity index (χ1v) is 8.04. The number of hydrogen-bond acceptors (Lipinski definition) is 4. The minimum absolute atomic E-state index is 0.267. The lowest BCUT2D eigenvalue weighted by Crippen LogP contribution is -2.30. The Labute approximate surface area is 138 Å². The first-order chi connectivity index (χ1) is 10.6. The van der Waals surface area contributed by atoms with Crippen molar-refractivity contribution >= 4 is 34.8 Å². The molecule has 1 aromatic heterocycles. The van der Waals surface area contributed by atoms with E-state index in [0.29, 0.717) is 22.9 Å². The van der Waals surface area contributed by atoms with E-state index >= 15 is 0 Å². The van der Waals surface area contributed by atoms with Crippen LogP contribution in [0.4, 0.5) is 0 Å². The Morgan fingerprint density at radius 3 is 2.59 bits per heavy atom. The number of amides is 1. The number of thiophene rings is 1. The van der Waals surface area contributed by atoms with Gasteiger partial charge in [-0.2, -0.15) is 0 Å². The zero-order valence-corrected chi connectivity index (χ0v) is 13.7. The van der Waals surface area contributed by atoms with Gasteiger partial charge < -0.3 is 10.1 Å². The van der Waals surface area contributed by atoms with Crippen molar-refractivity contribution in [2.75, 3.05) is 13.2 Å². The van der Waals surface area contributed by atoms with Gasteiger partial charge in [-0.05, 0) is 48.1 Å². The van der Waals surface area contributed by atoms with Crippen molar-refractivity contribution < 1.29 is 14.3 Å². The number of carbonyl (C=O) groups excluding carboxylic acids is 2. The molecule has 22 heavy (non-hydrogen) atoms. The maximum atomic E-state index is 11.8. The average Bonchev–Trinajstić information content (AvgIpc) is 2.93. The van der Waals surface area contributed by atoms with Gasteiger partial charge in [0.25, 0.3) is 5.91 Å². The normalized spacial score (nSPS) is 10.3. The molecule has 0 unspecified atom stereocenters. The highest BCUT2D eigenvalue weighted by Crippen LogP contribution is 2.16. The summed E-state index contributed by atoms with van der Waals surface area (Å²) in [7, 11) is 0. The Kier molecular flexibility index (Phi) is 5.98. The number of esters is 1. The van der Waals surface area contributed by atoms with Crippen LogP contribution < -0.4 is 5.32 Å². The minimum Gasteiger partial charge on any atom is -0.451 e. The summed E-state index contributed by atoms with van der Waals surface area (Å²) in [6, 6.07) is 9.28. The molecule has 2 rings (SSSR count). The van der Waals surface area contributed by atoms with E-state index in [1.807, 2.05) is 42.6 Å². The van der Waals surface area contributed by atoms with E-state index in [-0.39, 0.29) is 12.5 Å². The maximum absolute atomic E-state index is 11.8. The van der Waals surface area contributed by atoms with Gasteiger partial charge in [-0.25, -0.2) is 4.79 Å². The maximum Gasteiger partial charge on any atom is 0.349 e. The second-order valence-corrected chi connectivity index (χ2v) is 6.09. The molecule has 1 N–H and O–H groups in total. The number of aryl methyl sites for hydroxylation is 1. The van der Waals surface area contributed by atoms with Gasteiger partial charge in [0.15, 0.2) is 6.61 Å². The molecular formula is C16H16ClNO3S. The summed E-state index contributed by atoms with van der Waals surface area (Å²) in [4.78, 5) is 23.9. The van der Waals surface area contributed by atoms with Crippen LogP contribution >= 0.6 is 22.9 Å². The number of carbonyl (C=O) groups is 2. The molecule has 0 aliphatic carbocycles. The van der Waals surface area contributed by atoms with E-state index in [0.717, 1.165) is 11.1 Å². The van der Waals surface area contributed by atoms with Crippen molar-refractivity contribution in [1.82, 2.24) is 5.32 Å². The Bertz CT molecular complexity index is 652. The van der Waals surface area contributed by atoms with Gasteiger partial charge >= 0.3 is 5.97 Å². The Hall–Kier alpha value is -1.85. The molecule has 0 spiro atoms. The highest BCUT2D eigenvalue weighted by Gasteiger charge is 2.13. The molecule has 1 heterocycles. The quantitative estimate of drug-likeness (QED) is 0.823. The van der Waals surface area contributed by atoms with E-state index < -0.39 is 5.97 Å². The second kappa shape index (κ2) is 7.96. The molecule has 0 atom stereocenters. The zero-order valence-electron chi connectivity index (χ0n) is 12.1. The molecule has 0 aliphatic heterocycles. The van der Waals surface area contributed by atoms with Crippen molar-refractivity contribution in [2.24, 2.45) is 0 Å². The lowest BCUT2D eigenvalue weighted by Gasteiger charge is -2.06. The summed E-state index contributed by atoms with van der Waals surface area (Å²) in [6.07, 6.45) is 0.695. The third-order valence-electron chi connectivity index (χ3n) is 3.03. The Balaban J connectivity index is 1.69. The molecule has 0 saturated carbocycles. The fraction of sp³-hybridized carbons (Fsp3) is 0.250. The van der Waals surface area contributed by atoms with Gasteiger partial charge in [-0.1, -0.05) is 23.7 Å². The van der Waals surface area contributed by atoms with Crippen LogP contribution in [0.5, 0.6) is 0 Å². The molecule has 1 aromatic carbocycles. The standard InChI is InChI=1S/C16H16ClNO3S/c1-11-7-9-22-15(11)16(20)21-10-14(19)18-8-6-12-2-4-13(17)5-3-12/h2-5,7,9H,6,8,10H2,1H3,(H,18,19). The summed E-state index contributed by atoms with van der Waals surface area (Å²) in [5, 5.41) is 5.22. The van der Waals surface area contributed by atoms with Crippen LogP contribution in [-0.2, 0) is 16.0 Å². The van der Waals surface area contributed by atoms with Gasteiger partial charge in [0.05, 0.1) is 0 Å². The van der Waals surface area contributed by atoms with Crippen molar-refractivity contribution in [3.05, 3.63) is 56.7 Å². The fourth-order valence-corrected chi connectivity index (χ4v) is 2.77. The average molecular weight is 338 g/mol. The molecular weight excluding hydrogens is 322 g/mol. The summed E-state index contributed by atoms with van der Waals surface area (Å²) in [5.41, 5.74) is 1.94. The van der Waals surface area contributed by atoms with Crippen molar-refractivity contribution in [3.8, 4) is 0 Å². The fourth-order valence-electron chi connectivity index (χ4n) is 1.83. The molecule has 1 amide bonds. The SMILES string of the molecule is Cc1ccsc1C(=O)OCC(=O)NCCc1ccc(Cl)cc1. The lowest BCUT2D eigenvalue weighted by molar-refractivity contribution is -0.124. The third kappa shape index (κ3) is 4.86. The topological polar surface area (TPSA) is 55.4 Å². The molecule has 4 nitrogen and oxygen atoms in total. The van der Waals surface area contributed by atoms with Crippen molar-refractivity contribution in [2.45, 2.75) is 13.3 Å². The van der Waals surface area contributed by atoms with Gasteiger partial charge in [0.1, 0.15) is 4.88 Å². The molecule has 0 fully saturated rings. The largest absolute Gasteiger partial charge is 0.451 e. The van der Waals surface area contributed by atoms with E-state index in [1.165, 1.54) is 11.3 Å². The predicted molar refractivity (Wildman–Crippen MR) is 87.5 cm³/mol. The zero-order chi connectivity index (χ0) is 15.9. The van der Waals surface area contributed by atoms with Crippen LogP contribution in [0.1, 0.15) is 20.8 Å². The van der Waals surface area contributed by atoms with E-state index in [9.17, 15) is 9.59 Å². The summed E-state index contributed by atoms with van der Waals surface area (Å²) >= 11 is 7.11. The number of nitrogens with one attached hydrogen (secondary N) is 1. The third-order valence-corrected chi connectivity index (χ3v) is 4.28. The van der Waals surface area contributed by atoms with Crippen LogP contribution in [0.2, 0.25) is 5.02 Å². The van der Waals surface area contributed by atoms with E-state index in [2.05, 4.69) is 5.32 Å². The van der Waals surface area contributed by atoms with E-state index in [4.69, 9.17) is 16.3 Å². The van der Waals surface area contributed by atoms with Crippen LogP contribution in [0.15, 0.2) is 35.7 Å². The number of benzene rings is 1. The molecule has 116 valence electrons. The first kappa shape index (κ1) is 16.5. The van der Waals surface area contributed by atoms with Gasteiger partial charge in [0, 0.05) is 11.6 Å². The summed E-state index contributed by atoms with van der Waals surface area (Å²) < 4.78 is 4.99. The van der Waals surface area contributed by atoms with Crippen LogP contribution in [0.3, 0.4) is 0 Å². The number of halogens is 1. The highest BCUT2D eigenvalue weighted by atomic mass is 35.5. The molecule has 2 aromatic rings. The Morgan fingerprint density at radius 1 is 1.23 bits per heavy atom. The first-order valence-electron chi connectivity index (χ1n) is 6.78. The summed E-state index contributed by atoms with van der Waals surface area (Å²) in [6.45, 7) is 2.05. The number of ether oxygens (including phenoxy) is 1. The Morgan fingerprint density at radius 2 is 1.95 bits per heavy atom. The van der Waals surface area contributed by atoms with Crippen LogP contribution in [-0.4, -0.2) is 25.0 Å². The van der Waals surface area contributed by atoms with Crippen molar-refractivity contribution in [3.63, 3.8) is 0 Å². The lowest BCUT2D eigenvalue weighted by atomic mass is 10.1. The van der Waals surface area contributed by atoms with Gasteiger partial charge in [-0.15, -0.1) is 11.3 Å². The molecule has 6 heteroatoms.